The van der Waals surface area contributed by atoms with E-state index in [-0.39, 0.29) is 22.2 Å². The number of likely N-dealkylation sites (tertiary alicyclic amines) is 1. The number of rotatable bonds is 2. The van der Waals surface area contributed by atoms with Gasteiger partial charge in [-0.2, -0.15) is 0 Å². The predicted octanol–water partition coefficient (Wildman–Crippen LogP) is 2.26. The average Bonchev–Trinajstić information content (AvgIpc) is 2.70. The Morgan fingerprint density at radius 1 is 1.11 bits per heavy atom. The van der Waals surface area contributed by atoms with Crippen LogP contribution >= 0.6 is 0 Å². The number of amides is 1. The lowest BCUT2D eigenvalue weighted by molar-refractivity contribution is -0.136. The van der Waals surface area contributed by atoms with Crippen molar-refractivity contribution in [3.05, 3.63) is 0 Å². The zero-order valence-electron chi connectivity index (χ0n) is 12.5. The maximum atomic E-state index is 12.6. The third-order valence-electron chi connectivity index (χ3n) is 6.04. The van der Waals surface area contributed by atoms with Crippen LogP contribution in [0.4, 0.5) is 0 Å². The zero-order chi connectivity index (χ0) is 13.8. The topological polar surface area (TPSA) is 46.3 Å². The van der Waals surface area contributed by atoms with E-state index in [0.717, 1.165) is 32.5 Å². The van der Waals surface area contributed by atoms with Crippen molar-refractivity contribution in [2.45, 2.75) is 47.5 Å². The number of nitrogens with zero attached hydrogens (tertiary/aromatic N) is 1. The SMILES string of the molecule is CC1(CN)CCN(C(=O)C2C(C)(C)C2(C)C)CC1. The lowest BCUT2D eigenvalue weighted by atomic mass is 9.80. The summed E-state index contributed by atoms with van der Waals surface area (Å²) in [7, 11) is 0. The summed E-state index contributed by atoms with van der Waals surface area (Å²) in [5.74, 6) is 0.566. The van der Waals surface area contributed by atoms with E-state index < -0.39 is 0 Å². The van der Waals surface area contributed by atoms with Crippen LogP contribution in [-0.2, 0) is 4.79 Å². The highest BCUT2D eigenvalue weighted by molar-refractivity contribution is 5.84. The number of hydrogen-bond acceptors (Lipinski definition) is 2. The fourth-order valence-electron chi connectivity index (χ4n) is 3.47. The van der Waals surface area contributed by atoms with Crippen molar-refractivity contribution in [2.75, 3.05) is 19.6 Å². The van der Waals surface area contributed by atoms with Gasteiger partial charge in [-0.3, -0.25) is 4.79 Å². The van der Waals surface area contributed by atoms with Crippen molar-refractivity contribution in [3.63, 3.8) is 0 Å². The van der Waals surface area contributed by atoms with Gasteiger partial charge in [-0.15, -0.1) is 0 Å². The van der Waals surface area contributed by atoms with Gasteiger partial charge in [0.2, 0.25) is 5.91 Å². The number of carbonyl (C=O) groups is 1. The molecule has 0 atom stereocenters. The standard InChI is InChI=1S/C15H28N2O/c1-13(2)11(14(13,3)4)12(18)17-8-6-15(5,10-16)7-9-17/h11H,6-10,16H2,1-5H3. The number of nitrogens with two attached hydrogens (primary N) is 1. The van der Waals surface area contributed by atoms with Crippen LogP contribution in [-0.4, -0.2) is 30.4 Å². The minimum atomic E-state index is 0.151. The molecule has 0 radical (unpaired) electrons. The van der Waals surface area contributed by atoms with E-state index in [4.69, 9.17) is 5.73 Å². The quantitative estimate of drug-likeness (QED) is 0.819. The molecule has 18 heavy (non-hydrogen) atoms. The predicted molar refractivity (Wildman–Crippen MR) is 74.0 cm³/mol. The van der Waals surface area contributed by atoms with Crippen LogP contribution in [0.5, 0.6) is 0 Å². The second kappa shape index (κ2) is 3.96. The molecule has 0 aromatic heterocycles. The van der Waals surface area contributed by atoms with Crippen molar-refractivity contribution < 1.29 is 4.79 Å². The first kappa shape index (κ1) is 13.9. The summed E-state index contributed by atoms with van der Waals surface area (Å²) in [4.78, 5) is 14.7. The van der Waals surface area contributed by atoms with Crippen molar-refractivity contribution in [1.82, 2.24) is 4.90 Å². The van der Waals surface area contributed by atoms with Crippen LogP contribution in [0.15, 0.2) is 0 Å². The minimum absolute atomic E-state index is 0.151. The van der Waals surface area contributed by atoms with Gasteiger partial charge in [0.25, 0.3) is 0 Å². The van der Waals surface area contributed by atoms with Crippen molar-refractivity contribution in [2.24, 2.45) is 27.9 Å². The van der Waals surface area contributed by atoms with Crippen molar-refractivity contribution in [1.29, 1.82) is 0 Å². The van der Waals surface area contributed by atoms with Gasteiger partial charge in [0.15, 0.2) is 0 Å². The number of hydrogen-bond donors (Lipinski definition) is 1. The third-order valence-corrected chi connectivity index (χ3v) is 6.04. The molecule has 1 aliphatic heterocycles. The Balaban J connectivity index is 1.98. The largest absolute Gasteiger partial charge is 0.342 e. The van der Waals surface area contributed by atoms with Gasteiger partial charge in [-0.25, -0.2) is 0 Å². The van der Waals surface area contributed by atoms with Crippen LogP contribution in [0.3, 0.4) is 0 Å². The molecule has 0 aromatic rings. The van der Waals surface area contributed by atoms with E-state index >= 15 is 0 Å². The van der Waals surface area contributed by atoms with Crippen LogP contribution in [0, 0.1) is 22.2 Å². The zero-order valence-corrected chi connectivity index (χ0v) is 12.5. The number of piperidine rings is 1. The van der Waals surface area contributed by atoms with Gasteiger partial charge in [0, 0.05) is 19.0 Å². The molecule has 3 nitrogen and oxygen atoms in total. The summed E-state index contributed by atoms with van der Waals surface area (Å²) < 4.78 is 0. The Morgan fingerprint density at radius 3 is 1.89 bits per heavy atom. The molecular formula is C15H28N2O. The van der Waals surface area contributed by atoms with E-state index in [0.29, 0.717) is 5.91 Å². The Bertz CT molecular complexity index is 338. The summed E-state index contributed by atoms with van der Waals surface area (Å²) >= 11 is 0. The van der Waals surface area contributed by atoms with Gasteiger partial charge in [0.1, 0.15) is 0 Å². The van der Waals surface area contributed by atoms with E-state index in [2.05, 4.69) is 39.5 Å². The highest BCUT2D eigenvalue weighted by atomic mass is 16.2. The first-order chi connectivity index (χ1) is 8.16. The van der Waals surface area contributed by atoms with E-state index in [1.165, 1.54) is 0 Å². The summed E-state index contributed by atoms with van der Waals surface area (Å²) in [6, 6.07) is 0. The first-order valence-electron chi connectivity index (χ1n) is 7.15. The highest BCUT2D eigenvalue weighted by Crippen LogP contribution is 2.68. The second-order valence-electron chi connectivity index (χ2n) is 7.72. The molecule has 1 aliphatic carbocycles. The molecule has 0 spiro atoms. The average molecular weight is 252 g/mol. The summed E-state index contributed by atoms with van der Waals surface area (Å²) in [5, 5.41) is 0. The smallest absolute Gasteiger partial charge is 0.226 e. The minimum Gasteiger partial charge on any atom is -0.342 e. The lowest BCUT2D eigenvalue weighted by Crippen LogP contribution is -2.45. The van der Waals surface area contributed by atoms with Crippen LogP contribution < -0.4 is 5.73 Å². The van der Waals surface area contributed by atoms with Gasteiger partial charge < -0.3 is 10.6 Å². The van der Waals surface area contributed by atoms with Gasteiger partial charge in [0.05, 0.1) is 0 Å². The molecule has 1 heterocycles. The molecule has 104 valence electrons. The first-order valence-corrected chi connectivity index (χ1v) is 7.15. The van der Waals surface area contributed by atoms with Crippen LogP contribution in [0.1, 0.15) is 47.5 Å². The van der Waals surface area contributed by atoms with E-state index in [1.54, 1.807) is 0 Å². The molecule has 2 rings (SSSR count). The summed E-state index contributed by atoms with van der Waals surface area (Å²) in [6.45, 7) is 13.6. The van der Waals surface area contributed by atoms with E-state index in [9.17, 15) is 4.79 Å². The molecular weight excluding hydrogens is 224 g/mol. The molecule has 0 aromatic carbocycles. The summed E-state index contributed by atoms with van der Waals surface area (Å²) in [6.07, 6.45) is 2.09. The maximum Gasteiger partial charge on any atom is 0.226 e. The highest BCUT2D eigenvalue weighted by Gasteiger charge is 2.68. The molecule has 0 unspecified atom stereocenters. The monoisotopic (exact) mass is 252 g/mol. The second-order valence-corrected chi connectivity index (χ2v) is 7.72. The Kier molecular flexibility index (Phi) is 3.05. The normalized spacial score (nSPS) is 29.1. The Hall–Kier alpha value is -0.570. The molecule has 0 bridgehead atoms. The van der Waals surface area contributed by atoms with Gasteiger partial charge >= 0.3 is 0 Å². The number of carbonyl (C=O) groups excluding carboxylic acids is 1. The summed E-state index contributed by atoms with van der Waals surface area (Å²) in [5.41, 5.74) is 6.36. The maximum absolute atomic E-state index is 12.6. The van der Waals surface area contributed by atoms with Gasteiger partial charge in [-0.05, 0) is 35.6 Å². The fourth-order valence-corrected chi connectivity index (χ4v) is 3.47. The third kappa shape index (κ3) is 1.87. The fraction of sp³-hybridized carbons (Fsp3) is 0.933. The molecule has 2 N–H and O–H groups in total. The van der Waals surface area contributed by atoms with E-state index in [1.807, 2.05) is 0 Å². The Labute approximate surface area is 111 Å². The van der Waals surface area contributed by atoms with Crippen molar-refractivity contribution in [3.8, 4) is 0 Å². The van der Waals surface area contributed by atoms with Crippen LogP contribution in [0.25, 0.3) is 0 Å². The van der Waals surface area contributed by atoms with Crippen molar-refractivity contribution >= 4 is 5.91 Å². The molecule has 1 saturated heterocycles. The lowest BCUT2D eigenvalue weighted by Gasteiger charge is -2.39. The molecule has 1 saturated carbocycles. The molecule has 2 aliphatic rings. The Morgan fingerprint density at radius 2 is 1.56 bits per heavy atom. The molecule has 2 fully saturated rings. The van der Waals surface area contributed by atoms with Crippen LogP contribution in [0.2, 0.25) is 0 Å². The molecule has 3 heteroatoms. The van der Waals surface area contributed by atoms with Gasteiger partial charge in [-0.1, -0.05) is 34.6 Å². The molecule has 1 amide bonds.